The summed E-state index contributed by atoms with van der Waals surface area (Å²) in [6.07, 6.45) is 1.92. The molecule has 2 aliphatic rings. The van der Waals surface area contributed by atoms with Gasteiger partial charge in [-0.05, 0) is 24.7 Å². The summed E-state index contributed by atoms with van der Waals surface area (Å²) in [5, 5.41) is 7.87. The highest BCUT2D eigenvalue weighted by atomic mass is 16.2. The number of hydrogen-bond acceptors (Lipinski definition) is 4. The van der Waals surface area contributed by atoms with Crippen molar-refractivity contribution in [2.24, 2.45) is 0 Å². The van der Waals surface area contributed by atoms with Gasteiger partial charge in [0.15, 0.2) is 0 Å². The Balaban J connectivity index is 1.60. The summed E-state index contributed by atoms with van der Waals surface area (Å²) in [5.41, 5.74) is 4.15. The zero-order valence-corrected chi connectivity index (χ0v) is 14.0. The van der Waals surface area contributed by atoms with Crippen molar-refractivity contribution in [1.29, 1.82) is 0 Å². The highest BCUT2D eigenvalue weighted by Crippen LogP contribution is 2.26. The topological polar surface area (TPSA) is 53.4 Å². The van der Waals surface area contributed by atoms with Gasteiger partial charge in [0.25, 0.3) is 5.91 Å². The maximum Gasteiger partial charge on any atom is 0.253 e. The van der Waals surface area contributed by atoms with Crippen LogP contribution in [0.3, 0.4) is 0 Å². The molecule has 0 spiro atoms. The van der Waals surface area contributed by atoms with Crippen LogP contribution in [-0.2, 0) is 13.1 Å². The minimum Gasteiger partial charge on any atom is -0.336 e. The molecule has 6 heteroatoms. The molecule has 0 aliphatic carbocycles. The van der Waals surface area contributed by atoms with Crippen LogP contribution >= 0.6 is 0 Å². The zero-order chi connectivity index (χ0) is 16.5. The maximum absolute atomic E-state index is 12.8. The second-order valence-electron chi connectivity index (χ2n) is 6.58. The van der Waals surface area contributed by atoms with Crippen LogP contribution in [0.4, 0.5) is 0 Å². The Morgan fingerprint density at radius 3 is 2.83 bits per heavy atom. The predicted molar refractivity (Wildman–Crippen MR) is 92.8 cm³/mol. The molecule has 126 valence electrons. The third-order valence-corrected chi connectivity index (χ3v) is 4.95. The van der Waals surface area contributed by atoms with Crippen molar-refractivity contribution in [3.05, 3.63) is 41.7 Å². The molecule has 3 heterocycles. The summed E-state index contributed by atoms with van der Waals surface area (Å²) in [6, 6.07) is 7.96. The summed E-state index contributed by atoms with van der Waals surface area (Å²) < 4.78 is 2.06. The van der Waals surface area contributed by atoms with Gasteiger partial charge in [-0.1, -0.05) is 12.1 Å². The Morgan fingerprint density at radius 1 is 1.17 bits per heavy atom. The Bertz CT molecular complexity index is 746. The van der Waals surface area contributed by atoms with Crippen LogP contribution < -0.4 is 5.32 Å². The lowest BCUT2D eigenvalue weighted by atomic mass is 10.0. The number of fused-ring (bicyclic) bond motifs is 1. The first-order chi connectivity index (χ1) is 11.7. The standard InChI is InChI=1S/C18H23N5O/c1-21-7-9-22(10-8-21)18(24)15-4-2-3-14(11-15)16-12-20-23-6-5-19-13-17(16)23/h2-4,11-12,19H,5-10,13H2,1H3. The zero-order valence-electron chi connectivity index (χ0n) is 14.0. The molecule has 1 fully saturated rings. The molecule has 0 radical (unpaired) electrons. The second kappa shape index (κ2) is 6.37. The summed E-state index contributed by atoms with van der Waals surface area (Å²) in [6.45, 7) is 6.15. The molecular formula is C18H23N5O. The summed E-state index contributed by atoms with van der Waals surface area (Å²) in [5.74, 6) is 0.129. The highest BCUT2D eigenvalue weighted by molar-refractivity contribution is 5.95. The summed E-state index contributed by atoms with van der Waals surface area (Å²) in [7, 11) is 2.10. The van der Waals surface area contributed by atoms with E-state index in [1.807, 2.05) is 29.3 Å². The van der Waals surface area contributed by atoms with Crippen molar-refractivity contribution in [2.45, 2.75) is 13.1 Å². The van der Waals surface area contributed by atoms with E-state index in [-0.39, 0.29) is 5.91 Å². The fraction of sp³-hybridized carbons (Fsp3) is 0.444. The molecule has 1 aromatic heterocycles. The van der Waals surface area contributed by atoms with E-state index in [1.54, 1.807) is 0 Å². The van der Waals surface area contributed by atoms with Gasteiger partial charge >= 0.3 is 0 Å². The van der Waals surface area contributed by atoms with E-state index in [0.717, 1.165) is 62.5 Å². The predicted octanol–water partition coefficient (Wildman–Crippen LogP) is 1.04. The average molecular weight is 325 g/mol. The Labute approximate surface area is 142 Å². The van der Waals surface area contributed by atoms with Crippen molar-refractivity contribution in [3.63, 3.8) is 0 Å². The van der Waals surface area contributed by atoms with Crippen molar-refractivity contribution < 1.29 is 4.79 Å². The van der Waals surface area contributed by atoms with Gasteiger partial charge in [0.2, 0.25) is 0 Å². The molecule has 1 N–H and O–H groups in total. The van der Waals surface area contributed by atoms with Crippen molar-refractivity contribution in [2.75, 3.05) is 39.8 Å². The van der Waals surface area contributed by atoms with Crippen molar-refractivity contribution >= 4 is 5.91 Å². The fourth-order valence-corrected chi connectivity index (χ4v) is 3.43. The summed E-state index contributed by atoms with van der Waals surface area (Å²) >= 11 is 0. The van der Waals surface area contributed by atoms with E-state index in [1.165, 1.54) is 5.69 Å². The summed E-state index contributed by atoms with van der Waals surface area (Å²) in [4.78, 5) is 17.0. The Hall–Kier alpha value is -2.18. The van der Waals surface area contributed by atoms with Gasteiger partial charge in [0, 0.05) is 50.4 Å². The number of nitrogens with zero attached hydrogens (tertiary/aromatic N) is 4. The van der Waals surface area contributed by atoms with Crippen LogP contribution in [0, 0.1) is 0 Å². The number of rotatable bonds is 2. The largest absolute Gasteiger partial charge is 0.336 e. The molecule has 0 unspecified atom stereocenters. The average Bonchev–Trinajstić information content (AvgIpc) is 3.06. The van der Waals surface area contributed by atoms with Gasteiger partial charge in [-0.2, -0.15) is 5.10 Å². The van der Waals surface area contributed by atoms with Crippen LogP contribution in [0.2, 0.25) is 0 Å². The normalized spacial score (nSPS) is 18.5. The molecule has 6 nitrogen and oxygen atoms in total. The third-order valence-electron chi connectivity index (χ3n) is 4.95. The molecule has 2 aromatic rings. The minimum atomic E-state index is 0.129. The number of carbonyl (C=O) groups excluding carboxylic acids is 1. The molecular weight excluding hydrogens is 302 g/mol. The van der Waals surface area contributed by atoms with Gasteiger partial charge in [0.1, 0.15) is 0 Å². The number of likely N-dealkylation sites (N-methyl/N-ethyl adjacent to an activating group) is 1. The smallest absolute Gasteiger partial charge is 0.253 e. The molecule has 1 amide bonds. The number of carbonyl (C=O) groups is 1. The first kappa shape index (κ1) is 15.4. The minimum absolute atomic E-state index is 0.129. The molecule has 0 saturated carbocycles. The van der Waals surface area contributed by atoms with Gasteiger partial charge in [-0.3, -0.25) is 9.48 Å². The monoisotopic (exact) mass is 325 g/mol. The Morgan fingerprint density at radius 2 is 2.00 bits per heavy atom. The quantitative estimate of drug-likeness (QED) is 0.896. The number of piperazine rings is 1. The van der Waals surface area contributed by atoms with Gasteiger partial charge < -0.3 is 15.1 Å². The van der Waals surface area contributed by atoms with E-state index in [2.05, 4.69) is 33.1 Å². The SMILES string of the molecule is CN1CCN(C(=O)c2cccc(-c3cnn4c3CNCC4)c2)CC1. The maximum atomic E-state index is 12.8. The molecule has 0 atom stereocenters. The van der Waals surface area contributed by atoms with E-state index in [9.17, 15) is 4.79 Å². The molecule has 4 rings (SSSR count). The van der Waals surface area contributed by atoms with Crippen LogP contribution in [0.15, 0.2) is 30.5 Å². The molecule has 1 saturated heterocycles. The highest BCUT2D eigenvalue weighted by Gasteiger charge is 2.21. The van der Waals surface area contributed by atoms with Crippen LogP contribution in [0.5, 0.6) is 0 Å². The first-order valence-electron chi connectivity index (χ1n) is 8.56. The van der Waals surface area contributed by atoms with E-state index >= 15 is 0 Å². The van der Waals surface area contributed by atoms with Crippen LogP contribution in [0.1, 0.15) is 16.1 Å². The number of aromatic nitrogens is 2. The fourth-order valence-electron chi connectivity index (χ4n) is 3.43. The lowest BCUT2D eigenvalue weighted by molar-refractivity contribution is 0.0664. The number of benzene rings is 1. The molecule has 2 aliphatic heterocycles. The van der Waals surface area contributed by atoms with Gasteiger partial charge in [-0.15, -0.1) is 0 Å². The van der Waals surface area contributed by atoms with Crippen molar-refractivity contribution in [1.82, 2.24) is 24.9 Å². The lowest BCUT2D eigenvalue weighted by Gasteiger charge is -2.32. The van der Waals surface area contributed by atoms with Crippen molar-refractivity contribution in [3.8, 4) is 11.1 Å². The molecule has 1 aromatic carbocycles. The van der Waals surface area contributed by atoms with Crippen LogP contribution in [-0.4, -0.2) is 65.3 Å². The molecule has 24 heavy (non-hydrogen) atoms. The van der Waals surface area contributed by atoms with Crippen LogP contribution in [0.25, 0.3) is 11.1 Å². The van der Waals surface area contributed by atoms with Gasteiger partial charge in [-0.25, -0.2) is 0 Å². The third kappa shape index (κ3) is 2.83. The van der Waals surface area contributed by atoms with Gasteiger partial charge in [0.05, 0.1) is 18.4 Å². The first-order valence-corrected chi connectivity index (χ1v) is 8.56. The molecule has 0 bridgehead atoms. The number of hydrogen-bond donors (Lipinski definition) is 1. The Kier molecular flexibility index (Phi) is 4.08. The number of amides is 1. The number of nitrogens with one attached hydrogen (secondary N) is 1. The second-order valence-corrected chi connectivity index (χ2v) is 6.58. The lowest BCUT2D eigenvalue weighted by Crippen LogP contribution is -2.47. The van der Waals surface area contributed by atoms with E-state index < -0.39 is 0 Å². The van der Waals surface area contributed by atoms with E-state index in [0.29, 0.717) is 0 Å². The van der Waals surface area contributed by atoms with E-state index in [4.69, 9.17) is 0 Å².